The van der Waals surface area contributed by atoms with Crippen LogP contribution in [0.25, 0.3) is 16.7 Å². The van der Waals surface area contributed by atoms with E-state index in [1.165, 1.54) is 10.5 Å². The van der Waals surface area contributed by atoms with Crippen molar-refractivity contribution in [2.45, 2.75) is 39.7 Å². The summed E-state index contributed by atoms with van der Waals surface area (Å²) in [4.78, 5) is 31.2. The van der Waals surface area contributed by atoms with E-state index in [9.17, 15) is 9.59 Å². The SMILES string of the molecule is CCCCCNC(=O)c1cc2c(=O)n3cccc(C)c3nc2n(Cc2ccc(OC)cc2)c1=N. The van der Waals surface area contributed by atoms with E-state index in [4.69, 9.17) is 15.1 Å². The zero-order valence-corrected chi connectivity index (χ0v) is 19.7. The van der Waals surface area contributed by atoms with E-state index < -0.39 is 0 Å². The molecule has 0 spiro atoms. The minimum Gasteiger partial charge on any atom is -0.497 e. The molecule has 3 aromatic heterocycles. The van der Waals surface area contributed by atoms with Crippen molar-refractivity contribution in [3.8, 4) is 5.75 Å². The van der Waals surface area contributed by atoms with E-state index in [1.54, 1.807) is 23.9 Å². The summed E-state index contributed by atoms with van der Waals surface area (Å²) in [6.07, 6.45) is 4.60. The average molecular weight is 460 g/mol. The lowest BCUT2D eigenvalue weighted by Gasteiger charge is -2.15. The molecule has 0 aliphatic carbocycles. The molecular weight excluding hydrogens is 430 g/mol. The Hall–Kier alpha value is -3.94. The maximum Gasteiger partial charge on any atom is 0.267 e. The summed E-state index contributed by atoms with van der Waals surface area (Å²) in [5.41, 5.74) is 2.55. The van der Waals surface area contributed by atoms with E-state index >= 15 is 0 Å². The van der Waals surface area contributed by atoms with Gasteiger partial charge in [0.05, 0.1) is 24.6 Å². The number of carbonyl (C=O) groups is 1. The fourth-order valence-electron chi connectivity index (χ4n) is 4.01. The van der Waals surface area contributed by atoms with Crippen molar-refractivity contribution < 1.29 is 9.53 Å². The third kappa shape index (κ3) is 4.44. The van der Waals surface area contributed by atoms with Gasteiger partial charge in [-0.1, -0.05) is 38.0 Å². The summed E-state index contributed by atoms with van der Waals surface area (Å²) >= 11 is 0. The van der Waals surface area contributed by atoms with Crippen LogP contribution in [-0.2, 0) is 6.54 Å². The first-order valence-corrected chi connectivity index (χ1v) is 11.5. The average Bonchev–Trinajstić information content (AvgIpc) is 2.84. The van der Waals surface area contributed by atoms with Crippen LogP contribution in [0, 0.1) is 12.3 Å². The second-order valence-electron chi connectivity index (χ2n) is 8.34. The standard InChI is InChI=1S/C26H29N5O3/c1-4-5-6-13-28-25(32)20-15-21-24(29-23-17(2)8-7-14-30(23)26(21)33)31(22(20)27)16-18-9-11-19(34-3)12-10-18/h7-12,14-15,27H,4-6,13,16H2,1-3H3,(H,28,32). The Morgan fingerprint density at radius 3 is 2.62 bits per heavy atom. The lowest BCUT2D eigenvalue weighted by atomic mass is 10.1. The highest BCUT2D eigenvalue weighted by Crippen LogP contribution is 2.16. The maximum absolute atomic E-state index is 13.4. The maximum atomic E-state index is 13.4. The Balaban J connectivity index is 1.91. The van der Waals surface area contributed by atoms with Crippen LogP contribution in [0.2, 0.25) is 0 Å². The van der Waals surface area contributed by atoms with Gasteiger partial charge in [-0.15, -0.1) is 0 Å². The van der Waals surface area contributed by atoms with Gasteiger partial charge in [0.2, 0.25) is 0 Å². The molecule has 4 aromatic rings. The number of pyridine rings is 2. The van der Waals surface area contributed by atoms with Crippen molar-refractivity contribution in [3.63, 3.8) is 0 Å². The van der Waals surface area contributed by atoms with E-state index in [-0.39, 0.29) is 29.1 Å². The molecule has 34 heavy (non-hydrogen) atoms. The largest absolute Gasteiger partial charge is 0.497 e. The smallest absolute Gasteiger partial charge is 0.267 e. The Bertz CT molecular complexity index is 1470. The molecule has 0 fully saturated rings. The van der Waals surface area contributed by atoms with Gasteiger partial charge in [-0.3, -0.25) is 19.4 Å². The highest BCUT2D eigenvalue weighted by atomic mass is 16.5. The minimum absolute atomic E-state index is 0.0149. The van der Waals surface area contributed by atoms with Crippen LogP contribution in [-0.4, -0.2) is 33.5 Å². The Kier molecular flexibility index (Phi) is 6.77. The Morgan fingerprint density at radius 1 is 1.15 bits per heavy atom. The number of hydrogen-bond acceptors (Lipinski definition) is 5. The molecule has 1 amide bonds. The predicted octanol–water partition coefficient (Wildman–Crippen LogP) is 3.41. The van der Waals surface area contributed by atoms with Gasteiger partial charge < -0.3 is 14.6 Å². The molecule has 0 saturated carbocycles. The molecule has 0 atom stereocenters. The van der Waals surface area contributed by atoms with Crippen LogP contribution in [0.5, 0.6) is 5.75 Å². The number of hydrogen-bond donors (Lipinski definition) is 2. The zero-order chi connectivity index (χ0) is 24.2. The van der Waals surface area contributed by atoms with Crippen LogP contribution in [0.1, 0.15) is 47.7 Å². The van der Waals surface area contributed by atoms with Crippen LogP contribution in [0.4, 0.5) is 0 Å². The summed E-state index contributed by atoms with van der Waals surface area (Å²) in [7, 11) is 1.60. The topological polar surface area (TPSA) is 101 Å². The molecular formula is C26H29N5O3. The van der Waals surface area contributed by atoms with Gasteiger partial charge in [-0.25, -0.2) is 4.98 Å². The fourth-order valence-corrected chi connectivity index (χ4v) is 4.01. The number of rotatable bonds is 8. The number of ether oxygens (including phenoxy) is 1. The van der Waals surface area contributed by atoms with Crippen molar-refractivity contribution >= 4 is 22.6 Å². The van der Waals surface area contributed by atoms with E-state index in [1.807, 2.05) is 37.3 Å². The zero-order valence-electron chi connectivity index (χ0n) is 19.7. The number of nitrogens with zero attached hydrogens (tertiary/aromatic N) is 3. The van der Waals surface area contributed by atoms with Crippen LogP contribution in [0.3, 0.4) is 0 Å². The molecule has 0 radical (unpaired) electrons. The number of methoxy groups -OCH3 is 1. The van der Waals surface area contributed by atoms with E-state index in [0.29, 0.717) is 23.2 Å². The minimum atomic E-state index is -0.361. The lowest BCUT2D eigenvalue weighted by Crippen LogP contribution is -2.35. The lowest BCUT2D eigenvalue weighted by molar-refractivity contribution is 0.0950. The number of unbranched alkanes of at least 4 members (excludes halogenated alkanes) is 2. The summed E-state index contributed by atoms with van der Waals surface area (Å²) in [5, 5.41) is 12.1. The summed E-state index contributed by atoms with van der Waals surface area (Å²) < 4.78 is 8.36. The summed E-state index contributed by atoms with van der Waals surface area (Å²) in [6, 6.07) is 12.7. The van der Waals surface area contributed by atoms with Crippen molar-refractivity contribution in [1.82, 2.24) is 19.3 Å². The number of fused-ring (bicyclic) bond motifs is 2. The summed E-state index contributed by atoms with van der Waals surface area (Å²) in [5.74, 6) is 0.364. The van der Waals surface area contributed by atoms with Gasteiger partial charge in [0.25, 0.3) is 11.5 Å². The van der Waals surface area contributed by atoms with Crippen LogP contribution < -0.4 is 21.1 Å². The molecule has 2 N–H and O–H groups in total. The number of benzene rings is 1. The first kappa shape index (κ1) is 23.2. The molecule has 4 rings (SSSR count). The molecule has 0 saturated heterocycles. The fraction of sp³-hybridized carbons (Fsp3) is 0.308. The molecule has 0 aliphatic heterocycles. The van der Waals surface area contributed by atoms with Gasteiger partial charge in [0.15, 0.2) is 0 Å². The molecule has 8 nitrogen and oxygen atoms in total. The predicted molar refractivity (Wildman–Crippen MR) is 132 cm³/mol. The number of carbonyl (C=O) groups excluding carboxylic acids is 1. The third-order valence-electron chi connectivity index (χ3n) is 5.94. The van der Waals surface area contributed by atoms with E-state index in [2.05, 4.69) is 12.2 Å². The van der Waals surface area contributed by atoms with Gasteiger partial charge in [0, 0.05) is 12.7 Å². The molecule has 0 bridgehead atoms. The highest BCUT2D eigenvalue weighted by molar-refractivity contribution is 5.96. The number of aryl methyl sites for hydroxylation is 1. The number of amides is 1. The molecule has 0 aliphatic rings. The second-order valence-corrected chi connectivity index (χ2v) is 8.34. The third-order valence-corrected chi connectivity index (χ3v) is 5.94. The first-order chi connectivity index (χ1) is 16.4. The Morgan fingerprint density at radius 2 is 1.91 bits per heavy atom. The quantitative estimate of drug-likeness (QED) is 0.311. The number of aromatic nitrogens is 3. The molecule has 0 unspecified atom stereocenters. The Labute approximate surface area is 197 Å². The van der Waals surface area contributed by atoms with Gasteiger partial charge in [-0.05, 0) is 48.7 Å². The first-order valence-electron chi connectivity index (χ1n) is 11.5. The van der Waals surface area contributed by atoms with Crippen molar-refractivity contribution in [1.29, 1.82) is 5.41 Å². The van der Waals surface area contributed by atoms with E-state index in [0.717, 1.165) is 36.1 Å². The van der Waals surface area contributed by atoms with Gasteiger partial charge in [0.1, 0.15) is 22.5 Å². The number of nitrogens with one attached hydrogen (secondary N) is 2. The highest BCUT2D eigenvalue weighted by Gasteiger charge is 2.18. The van der Waals surface area contributed by atoms with Crippen LogP contribution >= 0.6 is 0 Å². The molecule has 8 heteroatoms. The molecule has 176 valence electrons. The second kappa shape index (κ2) is 9.91. The van der Waals surface area contributed by atoms with Gasteiger partial charge >= 0.3 is 0 Å². The van der Waals surface area contributed by atoms with Crippen molar-refractivity contribution in [3.05, 3.63) is 81.2 Å². The van der Waals surface area contributed by atoms with Gasteiger partial charge in [-0.2, -0.15) is 0 Å². The molecule has 3 heterocycles. The van der Waals surface area contributed by atoms with Crippen LogP contribution in [0.15, 0.2) is 53.5 Å². The monoisotopic (exact) mass is 459 g/mol. The van der Waals surface area contributed by atoms with Crippen molar-refractivity contribution in [2.24, 2.45) is 0 Å². The normalized spacial score (nSPS) is 11.1. The van der Waals surface area contributed by atoms with Crippen molar-refractivity contribution in [2.75, 3.05) is 13.7 Å². The summed E-state index contributed by atoms with van der Waals surface area (Å²) in [6.45, 7) is 4.80. The molecule has 1 aromatic carbocycles.